The van der Waals surface area contributed by atoms with E-state index in [1.165, 1.54) is 7.11 Å². The maximum atomic E-state index is 12.4. The Morgan fingerprint density at radius 1 is 1.69 bits per heavy atom. The molecule has 1 aromatic rings. The van der Waals surface area contributed by atoms with Crippen molar-refractivity contribution >= 4 is 18.2 Å². The summed E-state index contributed by atoms with van der Waals surface area (Å²) < 4.78 is 17.0. The fourth-order valence-corrected chi connectivity index (χ4v) is 0.701. The Hall–Kier alpha value is -1.43. The van der Waals surface area contributed by atoms with Crippen LogP contribution < -0.4 is 4.74 Å². The predicted octanol–water partition coefficient (Wildman–Crippen LogP) is 1.56. The van der Waals surface area contributed by atoms with Gasteiger partial charge in [-0.3, -0.25) is 0 Å². The third kappa shape index (κ3) is 2.51. The molecule has 72 valence electrons. The average molecular weight is 209 g/mol. The van der Waals surface area contributed by atoms with Gasteiger partial charge in [-0.15, -0.1) is 12.4 Å². The number of halogens is 2. The molecule has 0 aliphatic carbocycles. The lowest BCUT2D eigenvalue weighted by Crippen LogP contribution is -1.97. The van der Waals surface area contributed by atoms with Gasteiger partial charge < -0.3 is 14.9 Å². The van der Waals surface area contributed by atoms with Gasteiger partial charge in [0.05, 0.1) is 7.11 Å². The van der Waals surface area contributed by atoms with Crippen molar-refractivity contribution < 1.29 is 14.1 Å². The van der Waals surface area contributed by atoms with Crippen LogP contribution in [-0.4, -0.2) is 17.0 Å². The molecule has 0 unspecified atom stereocenters. The van der Waals surface area contributed by atoms with Crippen molar-refractivity contribution in [1.29, 1.82) is 0 Å². The van der Waals surface area contributed by atoms with Crippen molar-refractivity contribution in [3.8, 4) is 5.75 Å². The van der Waals surface area contributed by atoms with Gasteiger partial charge in [-0.05, 0) is 9.91 Å². The summed E-state index contributed by atoms with van der Waals surface area (Å²) in [5, 5.41) is 10.2. The largest absolute Gasteiger partial charge is 0.489 e. The number of methoxy groups -OCH3 is 1. The Bertz CT molecular complexity index is 321. The summed E-state index contributed by atoms with van der Waals surface area (Å²) in [6.45, 7) is 0. The van der Waals surface area contributed by atoms with Crippen molar-refractivity contribution in [2.45, 2.75) is 0 Å². The van der Waals surface area contributed by atoms with Crippen molar-refractivity contribution in [2.75, 3.05) is 7.11 Å². The smallest absolute Gasteiger partial charge is 0.406 e. The van der Waals surface area contributed by atoms with E-state index in [1.807, 2.05) is 0 Å². The van der Waals surface area contributed by atoms with Crippen LogP contribution in [0.3, 0.4) is 0 Å². The zero-order chi connectivity index (χ0) is 9.14. The first-order valence-electron chi connectivity index (χ1n) is 2.99. The normalized spacial score (nSPS) is 8.77. The molecular weight excluding hydrogens is 203 g/mol. The lowest BCUT2D eigenvalue weighted by atomic mass is 10.4. The van der Waals surface area contributed by atoms with Crippen LogP contribution in [0.4, 0.5) is 10.2 Å². The van der Waals surface area contributed by atoms with Crippen LogP contribution in [0.15, 0.2) is 12.3 Å². The van der Waals surface area contributed by atoms with Crippen LogP contribution in [0.25, 0.3) is 0 Å². The molecule has 0 radical (unpaired) electrons. The highest BCUT2D eigenvalue weighted by Crippen LogP contribution is 2.23. The molecule has 0 bridgehead atoms. The van der Waals surface area contributed by atoms with E-state index in [2.05, 4.69) is 9.72 Å². The molecule has 0 atom stereocenters. The van der Waals surface area contributed by atoms with Crippen LogP contribution >= 0.6 is 12.4 Å². The third-order valence-electron chi connectivity index (χ3n) is 1.19. The summed E-state index contributed by atoms with van der Waals surface area (Å²) in [6.07, 6.45) is 0.765. The van der Waals surface area contributed by atoms with Crippen LogP contribution in [0.2, 0.25) is 0 Å². The molecule has 0 spiro atoms. The second-order valence-corrected chi connectivity index (χ2v) is 1.94. The van der Waals surface area contributed by atoms with Crippen LogP contribution in [0, 0.1) is 15.9 Å². The van der Waals surface area contributed by atoms with Gasteiger partial charge >= 0.3 is 5.82 Å². The molecule has 0 saturated carbocycles. The standard InChI is InChI=1S/C6H5FN2O3.ClH/c1-12-5-2-4(7)3-8-6(5)9(10)11;/h2-3H,1H3;1H. The lowest BCUT2D eigenvalue weighted by molar-refractivity contribution is -0.390. The molecule has 0 saturated heterocycles. The van der Waals surface area contributed by atoms with E-state index >= 15 is 0 Å². The van der Waals surface area contributed by atoms with E-state index in [0.29, 0.717) is 0 Å². The molecule has 0 aliphatic heterocycles. The first-order valence-corrected chi connectivity index (χ1v) is 2.99. The van der Waals surface area contributed by atoms with Crippen molar-refractivity contribution in [3.63, 3.8) is 0 Å². The van der Waals surface area contributed by atoms with Crippen LogP contribution in [0.1, 0.15) is 0 Å². The van der Waals surface area contributed by atoms with Gasteiger partial charge in [0.1, 0.15) is 0 Å². The molecule has 13 heavy (non-hydrogen) atoms. The first kappa shape index (κ1) is 11.6. The molecule has 0 aromatic carbocycles. The van der Waals surface area contributed by atoms with E-state index in [4.69, 9.17) is 0 Å². The Kier molecular flexibility index (Phi) is 4.06. The SMILES string of the molecule is COc1cc(F)cnc1[N+](=O)[O-].Cl. The quantitative estimate of drug-likeness (QED) is 0.547. The first-order chi connectivity index (χ1) is 5.65. The molecular formula is C6H6ClFN2O3. The second kappa shape index (κ2) is 4.56. The molecule has 0 N–H and O–H groups in total. The van der Waals surface area contributed by atoms with E-state index in [0.717, 1.165) is 12.3 Å². The molecule has 1 aromatic heterocycles. The number of nitrogens with zero attached hydrogens (tertiary/aromatic N) is 2. The zero-order valence-electron chi connectivity index (χ0n) is 6.56. The zero-order valence-corrected chi connectivity index (χ0v) is 7.38. The number of pyridine rings is 1. The monoisotopic (exact) mass is 208 g/mol. The highest BCUT2D eigenvalue weighted by molar-refractivity contribution is 5.85. The maximum Gasteiger partial charge on any atom is 0.406 e. The maximum absolute atomic E-state index is 12.4. The minimum atomic E-state index is -0.738. The Balaban J connectivity index is 0.00000144. The average Bonchev–Trinajstić information content (AvgIpc) is 2.03. The van der Waals surface area contributed by atoms with Crippen molar-refractivity contribution in [1.82, 2.24) is 4.98 Å². The van der Waals surface area contributed by atoms with E-state index in [1.54, 1.807) is 0 Å². The van der Waals surface area contributed by atoms with Gasteiger partial charge in [0, 0.05) is 6.07 Å². The molecule has 5 nitrogen and oxygen atoms in total. The molecule has 1 heterocycles. The highest BCUT2D eigenvalue weighted by Gasteiger charge is 2.16. The Morgan fingerprint density at radius 2 is 2.31 bits per heavy atom. The summed E-state index contributed by atoms with van der Waals surface area (Å²) in [5.41, 5.74) is 0. The fraction of sp³-hybridized carbons (Fsp3) is 0.167. The Labute approximate surface area is 79.1 Å². The van der Waals surface area contributed by atoms with Crippen molar-refractivity contribution in [3.05, 3.63) is 28.2 Å². The number of ether oxygens (including phenoxy) is 1. The molecule has 1 rings (SSSR count). The summed E-state index contributed by atoms with van der Waals surface area (Å²) >= 11 is 0. The highest BCUT2D eigenvalue weighted by atomic mass is 35.5. The van der Waals surface area contributed by atoms with Gasteiger partial charge in [-0.2, -0.15) is 0 Å². The third-order valence-corrected chi connectivity index (χ3v) is 1.19. The molecule has 0 fully saturated rings. The van der Waals surface area contributed by atoms with E-state index in [-0.39, 0.29) is 18.2 Å². The topological polar surface area (TPSA) is 65.3 Å². The van der Waals surface area contributed by atoms with Gasteiger partial charge in [-0.1, -0.05) is 0 Å². The van der Waals surface area contributed by atoms with Crippen LogP contribution in [-0.2, 0) is 0 Å². The Morgan fingerprint density at radius 3 is 2.77 bits per heavy atom. The lowest BCUT2D eigenvalue weighted by Gasteiger charge is -1.98. The summed E-state index contributed by atoms with van der Waals surface area (Å²) in [6, 6.07) is 0.908. The second-order valence-electron chi connectivity index (χ2n) is 1.94. The van der Waals surface area contributed by atoms with Gasteiger partial charge in [-0.25, -0.2) is 4.39 Å². The summed E-state index contributed by atoms with van der Waals surface area (Å²) in [4.78, 5) is 12.7. The number of nitro groups is 1. The number of hydrogen-bond acceptors (Lipinski definition) is 4. The molecule has 0 aliphatic rings. The van der Waals surface area contributed by atoms with Crippen LogP contribution in [0.5, 0.6) is 5.75 Å². The minimum absolute atomic E-state index is 0. The molecule has 0 amide bonds. The number of aromatic nitrogens is 1. The van der Waals surface area contributed by atoms with Gasteiger partial charge in [0.15, 0.2) is 12.0 Å². The number of rotatable bonds is 2. The van der Waals surface area contributed by atoms with E-state index < -0.39 is 16.6 Å². The van der Waals surface area contributed by atoms with Crippen molar-refractivity contribution in [2.24, 2.45) is 0 Å². The number of hydrogen-bond donors (Lipinski definition) is 0. The van der Waals surface area contributed by atoms with E-state index in [9.17, 15) is 14.5 Å². The summed E-state index contributed by atoms with van der Waals surface area (Å²) in [7, 11) is 1.21. The predicted molar refractivity (Wildman–Crippen MR) is 44.6 cm³/mol. The minimum Gasteiger partial charge on any atom is -0.489 e. The summed E-state index contributed by atoms with van der Waals surface area (Å²) in [5.74, 6) is -1.34. The molecule has 7 heteroatoms. The van der Waals surface area contributed by atoms with Gasteiger partial charge in [0.25, 0.3) is 0 Å². The fourth-order valence-electron chi connectivity index (χ4n) is 0.701. The van der Waals surface area contributed by atoms with Gasteiger partial charge in [0.2, 0.25) is 5.75 Å².